The zero-order valence-electron chi connectivity index (χ0n) is 15.1. The first kappa shape index (κ1) is 8.65. The molecular formula is C13H26O3. The smallest absolute Gasteiger partial charge is 0.146 e. The highest BCUT2D eigenvalue weighted by molar-refractivity contribution is 5.48. The topological polar surface area (TPSA) is 35.5 Å². The highest BCUT2D eigenvalue weighted by atomic mass is 16.7. The Morgan fingerprint density at radius 2 is 1.81 bits per heavy atom. The molecule has 0 bridgehead atoms. The number of ether oxygens (including phenoxy) is 2. The minimum atomic E-state index is -2.08. The maximum Gasteiger partial charge on any atom is 0.146 e. The molecule has 0 spiro atoms. The van der Waals surface area contributed by atoms with Crippen LogP contribution in [0.3, 0.4) is 0 Å². The predicted molar refractivity (Wildman–Crippen MR) is 65.4 cm³/mol. The quantitative estimate of drug-likeness (QED) is 0.279. The van der Waals surface area contributed by atoms with E-state index in [0.717, 1.165) is 19.3 Å². The Bertz CT molecular complexity index is 298. The fraction of sp³-hybridized carbons (Fsp3) is 0.923. The molecule has 0 aliphatic carbocycles. The molecule has 3 nitrogen and oxygen atoms in total. The van der Waals surface area contributed by atoms with Crippen LogP contribution < -0.4 is 0 Å². The van der Waals surface area contributed by atoms with Gasteiger partial charge in [-0.05, 0) is 12.8 Å². The molecule has 0 unspecified atom stereocenters. The largest absolute Gasteiger partial charge is 0.359 e. The standard InChI is InChI=1S/C13H26O3/c1-15-13-16-12-10-8-6-4-2-3-5-7-9-11-14/h11H,2-10,12-13H2,1H3/i3D2,5D2,11D. The maximum absolute atomic E-state index is 10.6. The molecule has 0 fully saturated rings. The van der Waals surface area contributed by atoms with Crippen molar-refractivity contribution in [2.24, 2.45) is 0 Å². The first-order chi connectivity index (χ1) is 9.73. The molecule has 96 valence electrons. The summed E-state index contributed by atoms with van der Waals surface area (Å²) < 4.78 is 47.8. The van der Waals surface area contributed by atoms with Crippen molar-refractivity contribution in [3.63, 3.8) is 0 Å². The predicted octanol–water partition coefficient (Wildman–Crippen LogP) is 3.32. The summed E-state index contributed by atoms with van der Waals surface area (Å²) in [7, 11) is 1.56. The lowest BCUT2D eigenvalue weighted by Crippen LogP contribution is -1.98. The van der Waals surface area contributed by atoms with Crippen molar-refractivity contribution in [1.29, 1.82) is 0 Å². The van der Waals surface area contributed by atoms with Crippen molar-refractivity contribution in [1.82, 2.24) is 0 Å². The van der Waals surface area contributed by atoms with E-state index in [1.807, 2.05) is 0 Å². The van der Waals surface area contributed by atoms with Crippen LogP contribution in [0.4, 0.5) is 0 Å². The van der Waals surface area contributed by atoms with Crippen LogP contribution in [0.1, 0.15) is 64.5 Å². The van der Waals surface area contributed by atoms with E-state index in [9.17, 15) is 4.79 Å². The van der Waals surface area contributed by atoms with Crippen molar-refractivity contribution in [2.45, 2.75) is 57.7 Å². The molecule has 0 atom stereocenters. The van der Waals surface area contributed by atoms with Crippen molar-refractivity contribution in [3.05, 3.63) is 0 Å². The number of unbranched alkanes of at least 4 members (excludes halogenated alkanes) is 3. The first-order valence-electron chi connectivity index (χ1n) is 8.29. The highest BCUT2D eigenvalue weighted by Gasteiger charge is 1.92. The lowest BCUT2D eigenvalue weighted by Gasteiger charge is -2.03. The number of hydrogen-bond donors (Lipinski definition) is 0. The molecule has 0 aromatic carbocycles. The molecular weight excluding hydrogens is 204 g/mol. The van der Waals surface area contributed by atoms with Gasteiger partial charge >= 0.3 is 0 Å². The summed E-state index contributed by atoms with van der Waals surface area (Å²) in [5.41, 5.74) is 0. The third-order valence-corrected chi connectivity index (χ3v) is 2.02. The zero-order chi connectivity index (χ0) is 16.4. The fourth-order valence-corrected chi connectivity index (χ4v) is 1.20. The van der Waals surface area contributed by atoms with Gasteiger partial charge in [-0.2, -0.15) is 0 Å². The average Bonchev–Trinajstić information content (AvgIpc) is 2.39. The van der Waals surface area contributed by atoms with Gasteiger partial charge in [0.25, 0.3) is 0 Å². The van der Waals surface area contributed by atoms with Gasteiger partial charge in [0, 0.05) is 25.6 Å². The number of hydrogen-bond acceptors (Lipinski definition) is 3. The van der Waals surface area contributed by atoms with Gasteiger partial charge in [-0.25, -0.2) is 0 Å². The molecule has 16 heavy (non-hydrogen) atoms. The van der Waals surface area contributed by atoms with E-state index < -0.39 is 19.0 Å². The van der Waals surface area contributed by atoms with Gasteiger partial charge in [-0.3, -0.25) is 0 Å². The van der Waals surface area contributed by atoms with Crippen LogP contribution in [0, 0.1) is 0 Å². The lowest BCUT2D eigenvalue weighted by molar-refractivity contribution is -0.107. The number of aldehydes is 1. The summed E-state index contributed by atoms with van der Waals surface area (Å²) in [4.78, 5) is 10.6. The van der Waals surface area contributed by atoms with Crippen LogP contribution in [0.15, 0.2) is 0 Å². The van der Waals surface area contributed by atoms with E-state index in [1.54, 1.807) is 7.11 Å². The summed E-state index contributed by atoms with van der Waals surface area (Å²) in [5.74, 6) is 0. The van der Waals surface area contributed by atoms with Gasteiger partial charge in [-0.1, -0.05) is 38.4 Å². The van der Waals surface area contributed by atoms with E-state index in [0.29, 0.717) is 13.0 Å². The molecule has 0 radical (unpaired) electrons. The number of carbonyl (C=O) groups is 1. The molecule has 0 amide bonds. The SMILES string of the molecule is [2H]C(=O)CCC([2H])([2H])C([2H])([2H])CCCCCCOCOC. The summed E-state index contributed by atoms with van der Waals surface area (Å²) in [6.45, 7) is 0.880. The molecule has 0 saturated carbocycles. The first-order valence-corrected chi connectivity index (χ1v) is 5.79. The van der Waals surface area contributed by atoms with Crippen LogP contribution >= 0.6 is 0 Å². The minimum Gasteiger partial charge on any atom is -0.359 e. The Kier molecular flexibility index (Phi) is 7.89. The second kappa shape index (κ2) is 14.6. The third kappa shape index (κ3) is 13.6. The Balaban J connectivity index is 3.87. The average molecular weight is 235 g/mol. The molecule has 0 aliphatic heterocycles. The molecule has 0 N–H and O–H groups in total. The Morgan fingerprint density at radius 1 is 1.12 bits per heavy atom. The molecule has 0 saturated heterocycles. The molecule has 3 heteroatoms. The lowest BCUT2D eigenvalue weighted by atomic mass is 10.1. The second-order valence-electron chi connectivity index (χ2n) is 3.48. The third-order valence-electron chi connectivity index (χ3n) is 2.02. The number of carbonyl (C=O) groups excluding carboxylic acids is 1. The normalized spacial score (nSPS) is 16.9. The summed E-state index contributed by atoms with van der Waals surface area (Å²) in [6, 6.07) is 0. The molecule has 0 aliphatic rings. The molecule has 0 aromatic rings. The maximum atomic E-state index is 10.6. The van der Waals surface area contributed by atoms with E-state index in [-0.39, 0.29) is 26.1 Å². The van der Waals surface area contributed by atoms with Gasteiger partial charge < -0.3 is 14.3 Å². The Labute approximate surface area is 107 Å². The monoisotopic (exact) mass is 235 g/mol. The second-order valence-corrected chi connectivity index (χ2v) is 3.48. The Hall–Kier alpha value is -0.410. The van der Waals surface area contributed by atoms with Gasteiger partial charge in [0.2, 0.25) is 0 Å². The van der Waals surface area contributed by atoms with Crippen molar-refractivity contribution >= 4 is 6.26 Å². The van der Waals surface area contributed by atoms with Crippen LogP contribution in [-0.4, -0.2) is 26.8 Å². The fourth-order valence-electron chi connectivity index (χ4n) is 1.20. The molecule has 0 rings (SSSR count). The highest BCUT2D eigenvalue weighted by Crippen LogP contribution is 2.09. The van der Waals surface area contributed by atoms with Crippen LogP contribution in [0.2, 0.25) is 0 Å². The molecule has 0 heterocycles. The summed E-state index contributed by atoms with van der Waals surface area (Å²) >= 11 is 0. The van der Waals surface area contributed by atoms with E-state index in [1.165, 1.54) is 0 Å². The van der Waals surface area contributed by atoms with E-state index >= 15 is 0 Å². The number of rotatable bonds is 13. The number of methoxy groups -OCH3 is 1. The van der Waals surface area contributed by atoms with Crippen LogP contribution in [0.25, 0.3) is 0 Å². The van der Waals surface area contributed by atoms with E-state index in [2.05, 4.69) is 0 Å². The summed E-state index contributed by atoms with van der Waals surface area (Å²) in [5, 5.41) is 0. The van der Waals surface area contributed by atoms with Crippen molar-refractivity contribution in [3.8, 4) is 0 Å². The van der Waals surface area contributed by atoms with Crippen LogP contribution in [-0.2, 0) is 14.3 Å². The minimum absolute atomic E-state index is 0.116. The summed E-state index contributed by atoms with van der Waals surface area (Å²) in [6.07, 6.45) is -2.12. The van der Waals surface area contributed by atoms with E-state index in [4.69, 9.17) is 16.3 Å². The van der Waals surface area contributed by atoms with Gasteiger partial charge in [-0.15, -0.1) is 0 Å². The van der Waals surface area contributed by atoms with Gasteiger partial charge in [0.05, 0.1) is 0 Å². The molecule has 0 aromatic heterocycles. The van der Waals surface area contributed by atoms with Crippen molar-refractivity contribution in [2.75, 3.05) is 20.5 Å². The van der Waals surface area contributed by atoms with Gasteiger partial charge in [0.15, 0.2) is 0 Å². The Morgan fingerprint density at radius 3 is 2.56 bits per heavy atom. The zero-order valence-corrected chi connectivity index (χ0v) is 10.1. The van der Waals surface area contributed by atoms with Gasteiger partial charge in [0.1, 0.15) is 14.4 Å². The van der Waals surface area contributed by atoms with Crippen molar-refractivity contribution < 1.29 is 21.1 Å². The van der Waals surface area contributed by atoms with Crippen LogP contribution in [0.5, 0.6) is 0 Å².